The van der Waals surface area contributed by atoms with Crippen molar-refractivity contribution in [3.8, 4) is 0 Å². The SMILES string of the molecule is CCCC1(CN(CC)CCC2(C)CC(CN3CCN([I-]C)CC3C)C2)CC1. The van der Waals surface area contributed by atoms with Gasteiger partial charge in [0, 0.05) is 0 Å². The van der Waals surface area contributed by atoms with Crippen LogP contribution in [0.4, 0.5) is 0 Å². The number of halogens is 1. The summed E-state index contributed by atoms with van der Waals surface area (Å²) in [5.41, 5.74) is 1.34. The van der Waals surface area contributed by atoms with Gasteiger partial charge in [0.1, 0.15) is 0 Å². The molecule has 4 heteroatoms. The predicted octanol–water partition coefficient (Wildman–Crippen LogP) is 1.33. The molecule has 2 aliphatic carbocycles. The predicted molar refractivity (Wildman–Crippen MR) is 113 cm³/mol. The van der Waals surface area contributed by atoms with Gasteiger partial charge in [-0.3, -0.25) is 0 Å². The molecule has 1 saturated heterocycles. The second kappa shape index (κ2) is 9.61. The summed E-state index contributed by atoms with van der Waals surface area (Å²) < 4.78 is 2.72. The molecule has 0 aromatic rings. The molecule has 3 aliphatic rings. The number of hydrogen-bond donors (Lipinski definition) is 0. The van der Waals surface area contributed by atoms with E-state index >= 15 is 0 Å². The zero-order chi connectivity index (χ0) is 19.5. The largest absolute Gasteiger partial charge is 0.0458 e. The van der Waals surface area contributed by atoms with Crippen LogP contribution in [0.2, 0.25) is 0 Å². The van der Waals surface area contributed by atoms with E-state index in [0.717, 1.165) is 12.0 Å². The third kappa shape index (κ3) is 6.05. The minimum absolute atomic E-state index is 0.293. The molecule has 160 valence electrons. The van der Waals surface area contributed by atoms with Gasteiger partial charge in [0.2, 0.25) is 0 Å². The fraction of sp³-hybridized carbons (Fsp3) is 1.00. The molecule has 1 aliphatic heterocycles. The monoisotopic (exact) mass is 490 g/mol. The Hall–Kier alpha value is 0.610. The van der Waals surface area contributed by atoms with Crippen molar-refractivity contribution in [1.82, 2.24) is 12.9 Å². The summed E-state index contributed by atoms with van der Waals surface area (Å²) in [7, 11) is 0. The molecule has 0 aromatic carbocycles. The van der Waals surface area contributed by atoms with Crippen LogP contribution in [-0.4, -0.2) is 69.7 Å². The van der Waals surface area contributed by atoms with Crippen molar-refractivity contribution in [3.05, 3.63) is 0 Å². The van der Waals surface area contributed by atoms with E-state index in [1.165, 1.54) is 90.8 Å². The summed E-state index contributed by atoms with van der Waals surface area (Å²) in [4.78, 5) is 7.97. The molecule has 3 fully saturated rings. The second-order valence-electron chi connectivity index (χ2n) is 10.3. The molecule has 2 saturated carbocycles. The van der Waals surface area contributed by atoms with E-state index in [0.29, 0.717) is 32.3 Å². The van der Waals surface area contributed by atoms with E-state index in [9.17, 15) is 0 Å². The van der Waals surface area contributed by atoms with E-state index < -0.39 is 0 Å². The van der Waals surface area contributed by atoms with Crippen LogP contribution in [0, 0.1) is 16.7 Å². The van der Waals surface area contributed by atoms with Gasteiger partial charge in [0.15, 0.2) is 0 Å². The second-order valence-corrected chi connectivity index (χ2v) is 12.7. The fourth-order valence-electron chi connectivity index (χ4n) is 5.82. The van der Waals surface area contributed by atoms with Gasteiger partial charge in [-0.25, -0.2) is 0 Å². The van der Waals surface area contributed by atoms with Crippen molar-refractivity contribution < 1.29 is 21.5 Å². The summed E-state index contributed by atoms with van der Waals surface area (Å²) in [5.74, 6) is 0.963. The number of alkyl halides is 1. The van der Waals surface area contributed by atoms with Crippen molar-refractivity contribution in [1.29, 1.82) is 0 Å². The molecule has 0 amide bonds. The Kier molecular flexibility index (Phi) is 7.94. The number of piperazine rings is 1. The first-order chi connectivity index (χ1) is 12.9. The van der Waals surface area contributed by atoms with Gasteiger partial charge >= 0.3 is 136 Å². The van der Waals surface area contributed by atoms with Crippen LogP contribution in [0.3, 0.4) is 0 Å². The molecule has 1 atom stereocenters. The van der Waals surface area contributed by atoms with Crippen LogP contribution in [0.25, 0.3) is 0 Å². The first-order valence-corrected chi connectivity index (χ1v) is 14.7. The van der Waals surface area contributed by atoms with E-state index in [1.807, 2.05) is 0 Å². The summed E-state index contributed by atoms with van der Waals surface area (Å²) >= 11 is 0.293. The van der Waals surface area contributed by atoms with Gasteiger partial charge in [0.25, 0.3) is 0 Å². The van der Waals surface area contributed by atoms with Crippen molar-refractivity contribution in [2.45, 2.75) is 78.7 Å². The van der Waals surface area contributed by atoms with Gasteiger partial charge < -0.3 is 0 Å². The van der Waals surface area contributed by atoms with Crippen LogP contribution in [0.15, 0.2) is 0 Å². The van der Waals surface area contributed by atoms with Crippen molar-refractivity contribution >= 4 is 0 Å². The van der Waals surface area contributed by atoms with Crippen LogP contribution >= 0.6 is 0 Å². The fourth-order valence-corrected chi connectivity index (χ4v) is 7.48. The molecular formula is C23H45IN3-. The molecule has 0 aromatic heterocycles. The minimum Gasteiger partial charge on any atom is -0.0458 e. The van der Waals surface area contributed by atoms with Crippen LogP contribution in [-0.2, 0) is 0 Å². The summed E-state index contributed by atoms with van der Waals surface area (Å²) in [6.07, 6.45) is 10.2. The van der Waals surface area contributed by atoms with E-state index in [2.05, 4.69) is 45.5 Å². The topological polar surface area (TPSA) is 9.72 Å². The molecule has 3 nitrogen and oxygen atoms in total. The Balaban J connectivity index is 1.36. The standard InChI is InChI=1S/C23H45IN3/c1-6-8-23(9-10-23)19-25(7-2)12-11-22(4)15-21(16-22)18-26-13-14-27(24-5)17-20(26)3/h20-21H,6-19H2,1-5H3/q-1. The quantitative estimate of drug-likeness (QED) is 0.246. The molecule has 1 unspecified atom stereocenters. The third-order valence-electron chi connectivity index (χ3n) is 7.79. The summed E-state index contributed by atoms with van der Waals surface area (Å²) in [6.45, 7) is 19.0. The smallest absolute Gasteiger partial charge is 0.0458 e. The van der Waals surface area contributed by atoms with Crippen LogP contribution in [0.1, 0.15) is 72.6 Å². The summed E-state index contributed by atoms with van der Waals surface area (Å²) in [6, 6.07) is 0.772. The van der Waals surface area contributed by atoms with Crippen molar-refractivity contribution in [3.63, 3.8) is 0 Å². The Labute approximate surface area is 180 Å². The Morgan fingerprint density at radius 2 is 1.85 bits per heavy atom. The Bertz CT molecular complexity index is 459. The van der Waals surface area contributed by atoms with Gasteiger partial charge in [-0.2, -0.15) is 0 Å². The molecule has 0 N–H and O–H groups in total. The average Bonchev–Trinajstić information content (AvgIpc) is 3.38. The zero-order valence-corrected chi connectivity index (χ0v) is 20.9. The molecule has 27 heavy (non-hydrogen) atoms. The van der Waals surface area contributed by atoms with Crippen molar-refractivity contribution in [2.24, 2.45) is 16.7 Å². The maximum Gasteiger partial charge on any atom is -0.0458 e. The van der Waals surface area contributed by atoms with Gasteiger partial charge in [0.05, 0.1) is 0 Å². The van der Waals surface area contributed by atoms with E-state index in [-0.39, 0.29) is 0 Å². The molecular weight excluding hydrogens is 445 g/mol. The van der Waals surface area contributed by atoms with Crippen molar-refractivity contribution in [2.75, 3.05) is 50.7 Å². The summed E-state index contributed by atoms with van der Waals surface area (Å²) in [5, 5.41) is 0. The maximum absolute atomic E-state index is 2.79. The first kappa shape index (κ1) is 22.3. The molecule has 0 radical (unpaired) electrons. The maximum atomic E-state index is 2.79. The first-order valence-electron chi connectivity index (χ1n) is 11.6. The average molecular weight is 491 g/mol. The van der Waals surface area contributed by atoms with E-state index in [1.54, 1.807) is 0 Å². The van der Waals surface area contributed by atoms with E-state index in [4.69, 9.17) is 0 Å². The normalized spacial score (nSPS) is 34.1. The van der Waals surface area contributed by atoms with Crippen LogP contribution in [0.5, 0.6) is 0 Å². The Morgan fingerprint density at radius 1 is 1.11 bits per heavy atom. The Morgan fingerprint density at radius 3 is 2.41 bits per heavy atom. The third-order valence-corrected chi connectivity index (χ3v) is 10.0. The number of nitrogens with zero attached hydrogens (tertiary/aromatic N) is 3. The number of hydrogen-bond acceptors (Lipinski definition) is 3. The van der Waals surface area contributed by atoms with Gasteiger partial charge in [-0.1, -0.05) is 20.3 Å². The molecule has 3 rings (SSSR count). The zero-order valence-electron chi connectivity index (χ0n) is 18.8. The van der Waals surface area contributed by atoms with Crippen LogP contribution < -0.4 is 21.5 Å². The van der Waals surface area contributed by atoms with Gasteiger partial charge in [-0.15, -0.1) is 0 Å². The number of rotatable bonds is 11. The minimum atomic E-state index is 0.293. The molecule has 0 bridgehead atoms. The molecule has 1 heterocycles. The molecule has 0 spiro atoms. The van der Waals surface area contributed by atoms with Gasteiger partial charge in [-0.05, 0) is 24.7 Å².